The van der Waals surface area contributed by atoms with Gasteiger partial charge < -0.3 is 10.6 Å². The molecule has 128 valence electrons. The number of rotatable bonds is 6. The molecule has 2 aromatic rings. The first-order chi connectivity index (χ1) is 11.4. The molecule has 24 heavy (non-hydrogen) atoms. The molecular weight excluding hydrogens is 322 g/mol. The van der Waals surface area contributed by atoms with Crippen LogP contribution in [0.1, 0.15) is 59.4 Å². The van der Waals surface area contributed by atoms with Gasteiger partial charge in [-0.3, -0.25) is 9.59 Å². The summed E-state index contributed by atoms with van der Waals surface area (Å²) in [6, 6.07) is 7.08. The lowest BCUT2D eigenvalue weighted by molar-refractivity contribution is -0.120. The van der Waals surface area contributed by atoms with Gasteiger partial charge in [-0.1, -0.05) is 31.5 Å². The first-order valence-electron chi connectivity index (χ1n) is 7.96. The molecule has 2 N–H and O–H groups in total. The average molecular weight is 345 g/mol. The number of thiazole rings is 1. The molecule has 1 aromatic carbocycles. The standard InChI is InChI=1S/C18H23N3O2S/c1-11(2)18-21-15(10-24-18)13(4)20-16(22)9-19-17(23)14-7-5-6-12(3)8-14/h5-8,10-11,13H,9H2,1-4H3,(H,19,23)(H,20,22). The summed E-state index contributed by atoms with van der Waals surface area (Å²) in [4.78, 5) is 28.6. The summed E-state index contributed by atoms with van der Waals surface area (Å²) >= 11 is 1.60. The third-order valence-corrected chi connectivity index (χ3v) is 4.71. The van der Waals surface area contributed by atoms with E-state index in [1.54, 1.807) is 23.5 Å². The van der Waals surface area contributed by atoms with Gasteiger partial charge in [-0.15, -0.1) is 11.3 Å². The number of nitrogens with one attached hydrogen (secondary N) is 2. The van der Waals surface area contributed by atoms with E-state index in [-0.39, 0.29) is 24.4 Å². The molecule has 5 nitrogen and oxygen atoms in total. The van der Waals surface area contributed by atoms with Crippen LogP contribution in [0.15, 0.2) is 29.6 Å². The van der Waals surface area contributed by atoms with Gasteiger partial charge in [0.25, 0.3) is 5.91 Å². The van der Waals surface area contributed by atoms with Crippen LogP contribution in [-0.2, 0) is 4.79 Å². The normalized spacial score (nSPS) is 12.0. The molecule has 0 bridgehead atoms. The highest BCUT2D eigenvalue weighted by Crippen LogP contribution is 2.22. The summed E-state index contributed by atoms with van der Waals surface area (Å²) in [7, 11) is 0. The van der Waals surface area contributed by atoms with Crippen molar-refractivity contribution in [1.29, 1.82) is 0 Å². The molecule has 1 unspecified atom stereocenters. The number of benzene rings is 1. The monoisotopic (exact) mass is 345 g/mol. The number of nitrogens with zero attached hydrogens (tertiary/aromatic N) is 1. The van der Waals surface area contributed by atoms with Crippen molar-refractivity contribution in [3.05, 3.63) is 51.5 Å². The zero-order valence-corrected chi connectivity index (χ0v) is 15.2. The Bertz CT molecular complexity index is 725. The van der Waals surface area contributed by atoms with Gasteiger partial charge in [-0.2, -0.15) is 0 Å². The maximum absolute atomic E-state index is 12.0. The van der Waals surface area contributed by atoms with Crippen molar-refractivity contribution in [2.75, 3.05) is 6.54 Å². The van der Waals surface area contributed by atoms with E-state index in [0.717, 1.165) is 16.3 Å². The fourth-order valence-electron chi connectivity index (χ4n) is 2.18. The van der Waals surface area contributed by atoms with Crippen molar-refractivity contribution in [3.63, 3.8) is 0 Å². The van der Waals surface area contributed by atoms with Crippen molar-refractivity contribution >= 4 is 23.2 Å². The Morgan fingerprint density at radius 3 is 2.62 bits per heavy atom. The highest BCUT2D eigenvalue weighted by molar-refractivity contribution is 7.09. The third kappa shape index (κ3) is 4.89. The van der Waals surface area contributed by atoms with Crippen LogP contribution in [0.4, 0.5) is 0 Å². The number of hydrogen-bond acceptors (Lipinski definition) is 4. The van der Waals surface area contributed by atoms with Crippen molar-refractivity contribution < 1.29 is 9.59 Å². The van der Waals surface area contributed by atoms with Gasteiger partial charge >= 0.3 is 0 Å². The Hall–Kier alpha value is -2.21. The SMILES string of the molecule is Cc1cccc(C(=O)NCC(=O)NC(C)c2csc(C(C)C)n2)c1. The Kier molecular flexibility index (Phi) is 6.09. The topological polar surface area (TPSA) is 71.1 Å². The van der Waals surface area contributed by atoms with Crippen LogP contribution in [0.2, 0.25) is 0 Å². The number of carbonyl (C=O) groups is 2. The van der Waals surface area contributed by atoms with Gasteiger partial charge in [0.1, 0.15) is 0 Å². The molecule has 0 fully saturated rings. The maximum Gasteiger partial charge on any atom is 0.251 e. The third-order valence-electron chi connectivity index (χ3n) is 3.54. The van der Waals surface area contributed by atoms with Crippen molar-refractivity contribution in [1.82, 2.24) is 15.6 Å². The smallest absolute Gasteiger partial charge is 0.251 e. The van der Waals surface area contributed by atoms with E-state index < -0.39 is 0 Å². The van der Waals surface area contributed by atoms with E-state index >= 15 is 0 Å². The molecule has 0 aliphatic heterocycles. The second-order valence-corrected chi connectivity index (χ2v) is 7.00. The van der Waals surface area contributed by atoms with Gasteiger partial charge in [-0.25, -0.2) is 4.98 Å². The van der Waals surface area contributed by atoms with Crippen LogP contribution < -0.4 is 10.6 Å². The lowest BCUT2D eigenvalue weighted by Crippen LogP contribution is -2.38. The zero-order valence-electron chi connectivity index (χ0n) is 14.4. The van der Waals surface area contributed by atoms with Gasteiger partial charge in [0.2, 0.25) is 5.91 Å². The maximum atomic E-state index is 12.0. The molecule has 1 atom stereocenters. The predicted molar refractivity (Wildman–Crippen MR) is 96.3 cm³/mol. The number of hydrogen-bond donors (Lipinski definition) is 2. The van der Waals surface area contributed by atoms with E-state index in [2.05, 4.69) is 29.5 Å². The second-order valence-electron chi connectivity index (χ2n) is 6.11. The Morgan fingerprint density at radius 2 is 2.00 bits per heavy atom. The molecule has 0 spiro atoms. The lowest BCUT2D eigenvalue weighted by Gasteiger charge is -2.12. The fourth-order valence-corrected chi connectivity index (χ4v) is 3.11. The molecule has 2 rings (SSSR count). The molecule has 6 heteroatoms. The highest BCUT2D eigenvalue weighted by Gasteiger charge is 2.15. The second kappa shape index (κ2) is 8.06. The van der Waals surface area contributed by atoms with Crippen LogP contribution >= 0.6 is 11.3 Å². The predicted octanol–water partition coefficient (Wildman–Crippen LogP) is 3.18. The molecule has 0 saturated carbocycles. The number of aryl methyl sites for hydroxylation is 1. The molecule has 1 aromatic heterocycles. The molecule has 0 aliphatic carbocycles. The van der Waals surface area contributed by atoms with Crippen LogP contribution in [0.3, 0.4) is 0 Å². The highest BCUT2D eigenvalue weighted by atomic mass is 32.1. The first kappa shape index (κ1) is 18.1. The van der Waals surface area contributed by atoms with Gasteiger partial charge in [0.15, 0.2) is 0 Å². The molecule has 0 aliphatic rings. The molecule has 0 saturated heterocycles. The number of carbonyl (C=O) groups excluding carboxylic acids is 2. The van der Waals surface area contributed by atoms with Crippen molar-refractivity contribution in [3.8, 4) is 0 Å². The average Bonchev–Trinajstić information content (AvgIpc) is 3.03. The van der Waals surface area contributed by atoms with E-state index in [9.17, 15) is 9.59 Å². The Balaban J connectivity index is 1.85. The molecule has 0 radical (unpaired) electrons. The summed E-state index contributed by atoms with van der Waals surface area (Å²) < 4.78 is 0. The molecule has 2 amide bonds. The molecule has 1 heterocycles. The van der Waals surface area contributed by atoms with Gasteiger partial charge in [-0.05, 0) is 26.0 Å². The lowest BCUT2D eigenvalue weighted by atomic mass is 10.1. The number of aromatic nitrogens is 1. The minimum atomic E-state index is -0.253. The largest absolute Gasteiger partial charge is 0.346 e. The molecular formula is C18H23N3O2S. The van der Waals surface area contributed by atoms with Crippen LogP contribution in [0.5, 0.6) is 0 Å². The van der Waals surface area contributed by atoms with Crippen LogP contribution in [0, 0.1) is 6.92 Å². The summed E-state index contributed by atoms with van der Waals surface area (Å²) in [6.07, 6.45) is 0. The summed E-state index contributed by atoms with van der Waals surface area (Å²) in [6.45, 7) is 7.93. The van der Waals surface area contributed by atoms with E-state index in [1.165, 1.54) is 0 Å². The summed E-state index contributed by atoms with van der Waals surface area (Å²) in [5.74, 6) is -0.111. The van der Waals surface area contributed by atoms with Crippen molar-refractivity contribution in [2.45, 2.75) is 39.7 Å². The minimum absolute atomic E-state index is 0.0573. The first-order valence-corrected chi connectivity index (χ1v) is 8.84. The Morgan fingerprint density at radius 1 is 1.25 bits per heavy atom. The van der Waals surface area contributed by atoms with Crippen molar-refractivity contribution in [2.24, 2.45) is 0 Å². The quantitative estimate of drug-likeness (QED) is 0.845. The number of amides is 2. The van der Waals surface area contributed by atoms with Crippen LogP contribution in [0.25, 0.3) is 0 Å². The van der Waals surface area contributed by atoms with E-state index in [1.807, 2.05) is 31.4 Å². The summed E-state index contributed by atoms with van der Waals surface area (Å²) in [5, 5.41) is 8.51. The Labute approximate surface area is 146 Å². The van der Waals surface area contributed by atoms with Crippen LogP contribution in [-0.4, -0.2) is 23.3 Å². The fraction of sp³-hybridized carbons (Fsp3) is 0.389. The van der Waals surface area contributed by atoms with Gasteiger partial charge in [0.05, 0.1) is 23.3 Å². The summed E-state index contributed by atoms with van der Waals surface area (Å²) in [5.41, 5.74) is 2.41. The minimum Gasteiger partial charge on any atom is -0.346 e. The van der Waals surface area contributed by atoms with Gasteiger partial charge in [0, 0.05) is 16.9 Å². The van der Waals surface area contributed by atoms with E-state index in [0.29, 0.717) is 11.5 Å². The van der Waals surface area contributed by atoms with E-state index in [4.69, 9.17) is 0 Å². The zero-order chi connectivity index (χ0) is 17.7.